The third kappa shape index (κ3) is 6.78. The molecule has 0 rings (SSSR count). The first-order valence-corrected chi connectivity index (χ1v) is 8.10. The number of hydrogen-bond donors (Lipinski definition) is 1. The fourth-order valence-electron chi connectivity index (χ4n) is 1.51. The van der Waals surface area contributed by atoms with Gasteiger partial charge in [-0.3, -0.25) is 4.79 Å². The predicted molar refractivity (Wildman–Crippen MR) is 63.0 cm³/mol. The van der Waals surface area contributed by atoms with Crippen molar-refractivity contribution in [3.8, 4) is 0 Å². The molecule has 2 N–H and O–H groups in total. The molecule has 0 bridgehead atoms. The molecule has 0 fully saturated rings. The zero-order chi connectivity index (χ0) is 11.7. The van der Waals surface area contributed by atoms with Gasteiger partial charge in [0.05, 0.1) is 6.54 Å². The maximum absolute atomic E-state index is 11.0. The van der Waals surface area contributed by atoms with Crippen molar-refractivity contribution in [2.75, 3.05) is 19.8 Å². The average Bonchev–Trinajstić information content (AvgIpc) is 2.18. The van der Waals surface area contributed by atoms with E-state index < -0.39 is 8.56 Å². The zero-order valence-electron chi connectivity index (χ0n) is 10.0. The molecule has 0 aromatic heterocycles. The van der Waals surface area contributed by atoms with Crippen LogP contribution < -0.4 is 5.73 Å². The minimum Gasteiger partial charge on any atom is -0.395 e. The lowest BCUT2D eigenvalue weighted by molar-refractivity contribution is -0.117. The van der Waals surface area contributed by atoms with Crippen LogP contribution in [0.2, 0.25) is 12.6 Å². The van der Waals surface area contributed by atoms with Gasteiger partial charge in [-0.15, -0.1) is 0 Å². The van der Waals surface area contributed by atoms with Crippen LogP contribution in [0.25, 0.3) is 0 Å². The van der Waals surface area contributed by atoms with E-state index in [1.807, 2.05) is 20.4 Å². The van der Waals surface area contributed by atoms with Crippen LogP contribution in [-0.4, -0.2) is 34.1 Å². The van der Waals surface area contributed by atoms with E-state index in [9.17, 15) is 4.79 Å². The van der Waals surface area contributed by atoms with Crippen LogP contribution >= 0.6 is 0 Å². The van der Waals surface area contributed by atoms with E-state index in [1.54, 1.807) is 0 Å². The topological polar surface area (TPSA) is 61.5 Å². The van der Waals surface area contributed by atoms with Crippen molar-refractivity contribution in [3.05, 3.63) is 0 Å². The highest BCUT2D eigenvalue weighted by atomic mass is 28.4. The number of rotatable bonds is 9. The fraction of sp³-hybridized carbons (Fsp3) is 0.900. The molecular formula is C10H23NO3Si. The van der Waals surface area contributed by atoms with Crippen molar-refractivity contribution in [2.45, 2.75) is 39.3 Å². The molecule has 0 aromatic rings. The third-order valence-electron chi connectivity index (χ3n) is 2.21. The molecule has 0 aromatic carbocycles. The molecule has 0 aliphatic carbocycles. The smallest absolute Gasteiger partial charge is 0.334 e. The van der Waals surface area contributed by atoms with Crippen LogP contribution in [0, 0.1) is 0 Å². The van der Waals surface area contributed by atoms with Gasteiger partial charge in [-0.1, -0.05) is 0 Å². The number of nitrogens with two attached hydrogens (primary N) is 1. The van der Waals surface area contributed by atoms with Crippen molar-refractivity contribution < 1.29 is 13.6 Å². The zero-order valence-corrected chi connectivity index (χ0v) is 11.0. The number of ketones is 1. The molecule has 4 nitrogen and oxygen atoms in total. The summed E-state index contributed by atoms with van der Waals surface area (Å²) in [5.74, 6) is 0.111. The largest absolute Gasteiger partial charge is 0.395 e. The van der Waals surface area contributed by atoms with Crippen LogP contribution in [0.4, 0.5) is 0 Å². The van der Waals surface area contributed by atoms with Gasteiger partial charge in [0.25, 0.3) is 0 Å². The Bertz CT molecular complexity index is 182. The summed E-state index contributed by atoms with van der Waals surface area (Å²) in [4.78, 5) is 11.0. The molecule has 0 atom stereocenters. The van der Waals surface area contributed by atoms with Gasteiger partial charge in [-0.05, 0) is 32.9 Å². The number of carbonyl (C=O) groups is 1. The number of Topliss-reactive ketones (excluding diaryl/α,β-unsaturated/α-hetero) is 1. The summed E-state index contributed by atoms with van der Waals surface area (Å²) in [6.45, 7) is 7.47. The molecule has 90 valence electrons. The molecule has 0 unspecified atom stereocenters. The monoisotopic (exact) mass is 233 g/mol. The van der Waals surface area contributed by atoms with Crippen LogP contribution in [0.3, 0.4) is 0 Å². The third-order valence-corrected chi connectivity index (χ3v) is 5.27. The summed E-state index contributed by atoms with van der Waals surface area (Å²) in [5.41, 5.74) is 5.24. The summed E-state index contributed by atoms with van der Waals surface area (Å²) in [6.07, 6.45) is 1.36. The molecule has 0 amide bonds. The summed E-state index contributed by atoms with van der Waals surface area (Å²) >= 11 is 0. The summed E-state index contributed by atoms with van der Waals surface area (Å²) in [7, 11) is -2.02. The fourth-order valence-corrected chi connectivity index (χ4v) is 3.92. The lowest BCUT2D eigenvalue weighted by Gasteiger charge is -2.25. The maximum Gasteiger partial charge on any atom is 0.334 e. The van der Waals surface area contributed by atoms with E-state index in [2.05, 4.69) is 0 Å². The van der Waals surface area contributed by atoms with E-state index in [4.69, 9.17) is 14.6 Å². The highest BCUT2D eigenvalue weighted by Crippen LogP contribution is 2.17. The van der Waals surface area contributed by atoms with Crippen LogP contribution in [0.15, 0.2) is 0 Å². The molecule has 0 radical (unpaired) electrons. The van der Waals surface area contributed by atoms with Crippen molar-refractivity contribution in [3.63, 3.8) is 0 Å². The summed E-state index contributed by atoms with van der Waals surface area (Å²) < 4.78 is 11.3. The minimum atomic E-state index is -2.02. The first-order chi connectivity index (χ1) is 7.08. The second-order valence-electron chi connectivity index (χ2n) is 3.60. The van der Waals surface area contributed by atoms with Gasteiger partial charge in [-0.25, -0.2) is 0 Å². The Kier molecular flexibility index (Phi) is 7.86. The molecular weight excluding hydrogens is 210 g/mol. The SMILES string of the molecule is CCO[Si](C)(CCCC(=O)CN)OCC. The van der Waals surface area contributed by atoms with Gasteiger partial charge in [0.15, 0.2) is 0 Å². The second-order valence-corrected chi connectivity index (χ2v) is 6.94. The van der Waals surface area contributed by atoms with E-state index >= 15 is 0 Å². The first-order valence-electron chi connectivity index (χ1n) is 5.57. The van der Waals surface area contributed by atoms with Crippen LogP contribution in [0.1, 0.15) is 26.7 Å². The Morgan fingerprint density at radius 1 is 1.27 bits per heavy atom. The highest BCUT2D eigenvalue weighted by molar-refractivity contribution is 6.66. The molecule has 0 aliphatic rings. The van der Waals surface area contributed by atoms with Crippen molar-refractivity contribution in [1.82, 2.24) is 0 Å². The normalized spacial score (nSPS) is 11.7. The van der Waals surface area contributed by atoms with Gasteiger partial charge in [0.2, 0.25) is 0 Å². The summed E-state index contributed by atoms with van der Waals surface area (Å²) in [6, 6.07) is 0.862. The molecule has 0 spiro atoms. The molecule has 0 aliphatic heterocycles. The van der Waals surface area contributed by atoms with Crippen LogP contribution in [0.5, 0.6) is 0 Å². The van der Waals surface area contributed by atoms with Gasteiger partial charge < -0.3 is 14.6 Å². The first kappa shape index (κ1) is 14.8. The van der Waals surface area contributed by atoms with Crippen molar-refractivity contribution >= 4 is 14.3 Å². The number of carbonyl (C=O) groups excluding carboxylic acids is 1. The van der Waals surface area contributed by atoms with E-state index in [-0.39, 0.29) is 12.3 Å². The van der Waals surface area contributed by atoms with Crippen molar-refractivity contribution in [1.29, 1.82) is 0 Å². The Balaban J connectivity index is 3.89. The molecule has 15 heavy (non-hydrogen) atoms. The quantitative estimate of drug-likeness (QED) is 0.612. The summed E-state index contributed by atoms with van der Waals surface area (Å²) in [5, 5.41) is 0. The van der Waals surface area contributed by atoms with Gasteiger partial charge in [0.1, 0.15) is 5.78 Å². The molecule has 0 saturated heterocycles. The lowest BCUT2D eigenvalue weighted by Crippen LogP contribution is -2.38. The molecule has 0 heterocycles. The van der Waals surface area contributed by atoms with Crippen molar-refractivity contribution in [2.24, 2.45) is 5.73 Å². The molecule has 0 saturated carbocycles. The van der Waals surface area contributed by atoms with E-state index in [1.165, 1.54) is 0 Å². The number of hydrogen-bond acceptors (Lipinski definition) is 4. The van der Waals surface area contributed by atoms with Gasteiger partial charge >= 0.3 is 8.56 Å². The highest BCUT2D eigenvalue weighted by Gasteiger charge is 2.29. The Morgan fingerprint density at radius 3 is 2.20 bits per heavy atom. The van der Waals surface area contributed by atoms with E-state index in [0.29, 0.717) is 19.6 Å². The lowest BCUT2D eigenvalue weighted by atomic mass is 10.2. The Hall–Kier alpha value is -0.233. The second kappa shape index (κ2) is 7.98. The van der Waals surface area contributed by atoms with Gasteiger partial charge in [0, 0.05) is 19.6 Å². The van der Waals surface area contributed by atoms with E-state index in [0.717, 1.165) is 12.5 Å². The Labute approximate surface area is 93.4 Å². The minimum absolute atomic E-state index is 0.111. The average molecular weight is 233 g/mol. The predicted octanol–water partition coefficient (Wildman–Crippen LogP) is 1.44. The maximum atomic E-state index is 11.0. The van der Waals surface area contributed by atoms with Crippen LogP contribution in [-0.2, 0) is 13.6 Å². The standard InChI is InChI=1S/C10H23NO3Si/c1-4-13-15(3,14-5-2)8-6-7-10(12)9-11/h4-9,11H2,1-3H3. The Morgan fingerprint density at radius 2 is 1.80 bits per heavy atom. The molecule has 5 heteroatoms. The van der Waals surface area contributed by atoms with Gasteiger partial charge in [-0.2, -0.15) is 0 Å².